The molecule has 0 aliphatic carbocycles. The molecule has 0 fully saturated rings. The van der Waals surface area contributed by atoms with Gasteiger partial charge in [0.25, 0.3) is 0 Å². The normalized spacial score (nSPS) is 19.4. The van der Waals surface area contributed by atoms with Crippen molar-refractivity contribution in [2.75, 3.05) is 19.0 Å². The highest BCUT2D eigenvalue weighted by Gasteiger charge is 2.24. The quantitative estimate of drug-likeness (QED) is 0.670. The maximum atomic E-state index is 11.3. The zero-order chi connectivity index (χ0) is 9.97. The lowest BCUT2D eigenvalue weighted by Crippen LogP contribution is -2.30. The number of esters is 1. The summed E-state index contributed by atoms with van der Waals surface area (Å²) in [6.07, 6.45) is 4.24. The molecule has 0 saturated heterocycles. The third kappa shape index (κ3) is 1.55. The highest BCUT2D eigenvalue weighted by molar-refractivity contribution is 5.75. The standard InChI is InChI=1S/C10H12N2O2/c1-14-10(13)8-4-7-5-11-3-2-9(7)12-6-8/h2-3,5,8,12H,4,6H2,1H3. The first-order chi connectivity index (χ1) is 6.81. The molecule has 0 bridgehead atoms. The van der Waals surface area contributed by atoms with Gasteiger partial charge < -0.3 is 10.1 Å². The second-order valence-electron chi connectivity index (χ2n) is 3.34. The zero-order valence-corrected chi connectivity index (χ0v) is 7.99. The van der Waals surface area contributed by atoms with Gasteiger partial charge in [0.2, 0.25) is 0 Å². The van der Waals surface area contributed by atoms with Crippen molar-refractivity contribution in [3.63, 3.8) is 0 Å². The van der Waals surface area contributed by atoms with Gasteiger partial charge in [-0.05, 0) is 18.1 Å². The first kappa shape index (κ1) is 8.99. The number of anilines is 1. The monoisotopic (exact) mass is 192 g/mol. The van der Waals surface area contributed by atoms with Crippen molar-refractivity contribution in [1.29, 1.82) is 0 Å². The number of hydrogen-bond acceptors (Lipinski definition) is 4. The van der Waals surface area contributed by atoms with Crippen LogP contribution < -0.4 is 5.32 Å². The molecular formula is C10H12N2O2. The number of carbonyl (C=O) groups excluding carboxylic acids is 1. The van der Waals surface area contributed by atoms with Crippen LogP contribution >= 0.6 is 0 Å². The van der Waals surface area contributed by atoms with Gasteiger partial charge in [-0.15, -0.1) is 0 Å². The smallest absolute Gasteiger partial charge is 0.310 e. The molecular weight excluding hydrogens is 180 g/mol. The van der Waals surface area contributed by atoms with Gasteiger partial charge in [0.05, 0.1) is 13.0 Å². The molecule has 2 rings (SSSR count). The molecule has 0 radical (unpaired) electrons. The Bertz CT molecular complexity index is 352. The average Bonchev–Trinajstić information content (AvgIpc) is 2.27. The van der Waals surface area contributed by atoms with E-state index in [1.807, 2.05) is 6.07 Å². The van der Waals surface area contributed by atoms with Crippen LogP contribution in [-0.4, -0.2) is 24.6 Å². The number of fused-ring (bicyclic) bond motifs is 1. The van der Waals surface area contributed by atoms with Gasteiger partial charge in [0.15, 0.2) is 0 Å². The number of rotatable bonds is 1. The van der Waals surface area contributed by atoms with E-state index in [2.05, 4.69) is 10.3 Å². The minimum Gasteiger partial charge on any atom is -0.469 e. The molecule has 1 unspecified atom stereocenters. The number of nitrogens with one attached hydrogen (secondary N) is 1. The van der Waals surface area contributed by atoms with E-state index in [4.69, 9.17) is 4.74 Å². The van der Waals surface area contributed by atoms with Crippen molar-refractivity contribution in [3.05, 3.63) is 24.0 Å². The molecule has 4 heteroatoms. The Balaban J connectivity index is 2.17. The van der Waals surface area contributed by atoms with Gasteiger partial charge in [-0.1, -0.05) is 0 Å². The fraction of sp³-hybridized carbons (Fsp3) is 0.400. The molecule has 0 amide bonds. The molecule has 0 spiro atoms. The van der Waals surface area contributed by atoms with Crippen molar-refractivity contribution in [2.24, 2.45) is 5.92 Å². The van der Waals surface area contributed by atoms with Gasteiger partial charge in [0, 0.05) is 24.6 Å². The zero-order valence-electron chi connectivity index (χ0n) is 7.99. The summed E-state index contributed by atoms with van der Waals surface area (Å²) in [4.78, 5) is 15.3. The van der Waals surface area contributed by atoms with E-state index >= 15 is 0 Å². The van der Waals surface area contributed by atoms with E-state index in [0.29, 0.717) is 13.0 Å². The van der Waals surface area contributed by atoms with Crippen LogP contribution in [0.3, 0.4) is 0 Å². The van der Waals surface area contributed by atoms with Crippen LogP contribution in [0, 0.1) is 5.92 Å². The van der Waals surface area contributed by atoms with Crippen LogP contribution in [0.2, 0.25) is 0 Å². The summed E-state index contributed by atoms with van der Waals surface area (Å²) in [7, 11) is 1.42. The summed E-state index contributed by atoms with van der Waals surface area (Å²) in [6, 6.07) is 1.92. The summed E-state index contributed by atoms with van der Waals surface area (Å²) >= 11 is 0. The predicted octanol–water partition coefficient (Wildman–Crippen LogP) is 0.839. The van der Waals surface area contributed by atoms with Crippen LogP contribution in [0.4, 0.5) is 5.69 Å². The van der Waals surface area contributed by atoms with E-state index in [9.17, 15) is 4.79 Å². The van der Waals surface area contributed by atoms with Crippen molar-refractivity contribution in [1.82, 2.24) is 4.98 Å². The number of pyridine rings is 1. The first-order valence-corrected chi connectivity index (χ1v) is 4.56. The first-order valence-electron chi connectivity index (χ1n) is 4.56. The average molecular weight is 192 g/mol. The predicted molar refractivity (Wildman–Crippen MR) is 51.9 cm³/mol. The minimum atomic E-state index is -0.160. The lowest BCUT2D eigenvalue weighted by Gasteiger charge is -2.23. The summed E-state index contributed by atoms with van der Waals surface area (Å²) in [5.41, 5.74) is 2.15. The SMILES string of the molecule is COC(=O)C1CNc2ccncc2C1. The van der Waals surface area contributed by atoms with Crippen LogP contribution in [-0.2, 0) is 16.0 Å². The Morgan fingerprint density at radius 3 is 3.36 bits per heavy atom. The Kier molecular flexibility index (Phi) is 2.35. The number of carbonyl (C=O) groups is 1. The number of methoxy groups -OCH3 is 1. The second kappa shape index (κ2) is 3.65. The molecule has 2 heterocycles. The lowest BCUT2D eigenvalue weighted by atomic mass is 9.95. The van der Waals surface area contributed by atoms with E-state index in [0.717, 1.165) is 11.3 Å². The Morgan fingerprint density at radius 1 is 1.71 bits per heavy atom. The molecule has 1 aromatic rings. The van der Waals surface area contributed by atoms with Crippen molar-refractivity contribution in [2.45, 2.75) is 6.42 Å². The van der Waals surface area contributed by atoms with E-state index < -0.39 is 0 Å². The molecule has 1 aliphatic rings. The van der Waals surface area contributed by atoms with Gasteiger partial charge in [0.1, 0.15) is 0 Å². The van der Waals surface area contributed by atoms with Crippen molar-refractivity contribution >= 4 is 11.7 Å². The van der Waals surface area contributed by atoms with Crippen molar-refractivity contribution < 1.29 is 9.53 Å². The number of nitrogens with zero attached hydrogens (tertiary/aromatic N) is 1. The molecule has 4 nitrogen and oxygen atoms in total. The third-order valence-electron chi connectivity index (χ3n) is 2.44. The lowest BCUT2D eigenvalue weighted by molar-refractivity contribution is -0.145. The third-order valence-corrected chi connectivity index (χ3v) is 2.44. The molecule has 74 valence electrons. The number of ether oxygens (including phenoxy) is 1. The molecule has 1 N–H and O–H groups in total. The summed E-state index contributed by atoms with van der Waals surface area (Å²) in [6.45, 7) is 0.643. The highest BCUT2D eigenvalue weighted by atomic mass is 16.5. The molecule has 1 aliphatic heterocycles. The van der Waals surface area contributed by atoms with Crippen molar-refractivity contribution in [3.8, 4) is 0 Å². The fourth-order valence-corrected chi connectivity index (χ4v) is 1.67. The maximum Gasteiger partial charge on any atom is 0.310 e. The van der Waals surface area contributed by atoms with E-state index in [1.165, 1.54) is 7.11 Å². The second-order valence-corrected chi connectivity index (χ2v) is 3.34. The van der Waals surface area contributed by atoms with Gasteiger partial charge in [-0.25, -0.2) is 0 Å². The molecule has 14 heavy (non-hydrogen) atoms. The Labute approximate surface area is 82.3 Å². The summed E-state index contributed by atoms with van der Waals surface area (Å²) in [5.74, 6) is -0.247. The van der Waals surface area contributed by atoms with Crippen LogP contribution in [0.25, 0.3) is 0 Å². The van der Waals surface area contributed by atoms with E-state index in [-0.39, 0.29) is 11.9 Å². The Morgan fingerprint density at radius 2 is 2.57 bits per heavy atom. The maximum absolute atomic E-state index is 11.3. The molecule has 1 aromatic heterocycles. The van der Waals surface area contributed by atoms with Crippen LogP contribution in [0.15, 0.2) is 18.5 Å². The number of hydrogen-bond donors (Lipinski definition) is 1. The van der Waals surface area contributed by atoms with Gasteiger partial charge in [-0.2, -0.15) is 0 Å². The largest absolute Gasteiger partial charge is 0.469 e. The molecule has 1 atom stereocenters. The molecule has 0 aromatic carbocycles. The summed E-state index contributed by atoms with van der Waals surface area (Å²) < 4.78 is 4.71. The van der Waals surface area contributed by atoms with E-state index in [1.54, 1.807) is 12.4 Å². The summed E-state index contributed by atoms with van der Waals surface area (Å²) in [5, 5.41) is 3.19. The van der Waals surface area contributed by atoms with Crippen LogP contribution in [0.1, 0.15) is 5.56 Å². The molecule has 0 saturated carbocycles. The topological polar surface area (TPSA) is 51.2 Å². The Hall–Kier alpha value is -1.58. The number of aromatic nitrogens is 1. The highest BCUT2D eigenvalue weighted by Crippen LogP contribution is 2.23. The van der Waals surface area contributed by atoms with Gasteiger partial charge >= 0.3 is 5.97 Å². The minimum absolute atomic E-state index is 0.0864. The fourth-order valence-electron chi connectivity index (χ4n) is 1.67. The van der Waals surface area contributed by atoms with Gasteiger partial charge in [-0.3, -0.25) is 9.78 Å². The van der Waals surface area contributed by atoms with Crippen LogP contribution in [0.5, 0.6) is 0 Å².